The van der Waals surface area contributed by atoms with Gasteiger partial charge in [-0.1, -0.05) is 18.2 Å². The molecule has 20 heavy (non-hydrogen) atoms. The summed E-state index contributed by atoms with van der Waals surface area (Å²) in [6.07, 6.45) is 0.648. The van der Waals surface area contributed by atoms with Gasteiger partial charge in [0.2, 0.25) is 0 Å². The molecule has 1 aromatic heterocycles. The van der Waals surface area contributed by atoms with Crippen LogP contribution in [0.5, 0.6) is 0 Å². The Morgan fingerprint density at radius 2 is 1.95 bits per heavy atom. The largest absolute Gasteiger partial charge is 0.337 e. The van der Waals surface area contributed by atoms with Crippen molar-refractivity contribution in [2.24, 2.45) is 0 Å². The first-order chi connectivity index (χ1) is 9.63. The molecular weight excluding hydrogens is 257 g/mol. The highest BCUT2D eigenvalue weighted by atomic mass is 19.1. The fourth-order valence-electron chi connectivity index (χ4n) is 1.74. The molecular formula is C15H16FN3O. The minimum Gasteiger partial charge on any atom is -0.337 e. The number of aryl methyl sites for hydroxylation is 1. The topological polar surface area (TPSA) is 54.0 Å². The van der Waals surface area contributed by atoms with Gasteiger partial charge in [-0.25, -0.2) is 14.2 Å². The number of anilines is 1. The fourth-order valence-corrected chi connectivity index (χ4v) is 1.74. The molecule has 0 saturated carbocycles. The van der Waals surface area contributed by atoms with E-state index in [9.17, 15) is 9.18 Å². The molecule has 1 aromatic carbocycles. The number of nitrogens with zero attached hydrogens (tertiary/aromatic N) is 1. The van der Waals surface area contributed by atoms with E-state index in [1.165, 1.54) is 12.1 Å². The smallest absolute Gasteiger partial charge is 0.320 e. The summed E-state index contributed by atoms with van der Waals surface area (Å²) in [6, 6.07) is 11.3. The molecule has 2 N–H and O–H groups in total. The predicted octanol–water partition coefficient (Wildman–Crippen LogP) is 2.89. The minimum atomic E-state index is -0.301. The van der Waals surface area contributed by atoms with Gasteiger partial charge in [0.1, 0.15) is 11.6 Å². The van der Waals surface area contributed by atoms with Crippen LogP contribution in [0.3, 0.4) is 0 Å². The molecule has 1 heterocycles. The van der Waals surface area contributed by atoms with Crippen LogP contribution >= 0.6 is 0 Å². The highest BCUT2D eigenvalue weighted by Crippen LogP contribution is 2.04. The van der Waals surface area contributed by atoms with Crippen molar-refractivity contribution in [3.63, 3.8) is 0 Å². The van der Waals surface area contributed by atoms with Gasteiger partial charge in [0.25, 0.3) is 0 Å². The van der Waals surface area contributed by atoms with Crippen molar-refractivity contribution >= 4 is 11.8 Å². The molecule has 0 fully saturated rings. The van der Waals surface area contributed by atoms with Crippen LogP contribution in [-0.2, 0) is 6.42 Å². The Balaban J connectivity index is 1.76. The molecule has 2 aromatic rings. The van der Waals surface area contributed by atoms with Crippen molar-refractivity contribution in [3.8, 4) is 0 Å². The lowest BCUT2D eigenvalue weighted by Crippen LogP contribution is -2.30. The quantitative estimate of drug-likeness (QED) is 0.900. The lowest BCUT2D eigenvalue weighted by Gasteiger charge is -2.07. The minimum absolute atomic E-state index is 0.259. The zero-order valence-corrected chi connectivity index (χ0v) is 11.2. The second-order valence-electron chi connectivity index (χ2n) is 4.42. The highest BCUT2D eigenvalue weighted by molar-refractivity contribution is 5.88. The van der Waals surface area contributed by atoms with Crippen LogP contribution in [0.1, 0.15) is 11.3 Å². The van der Waals surface area contributed by atoms with Gasteiger partial charge in [0.05, 0.1) is 0 Å². The normalized spacial score (nSPS) is 10.1. The lowest BCUT2D eigenvalue weighted by atomic mass is 10.1. The van der Waals surface area contributed by atoms with Crippen molar-refractivity contribution in [1.82, 2.24) is 10.3 Å². The highest BCUT2D eigenvalue weighted by Gasteiger charge is 2.02. The molecule has 2 rings (SSSR count). The van der Waals surface area contributed by atoms with Gasteiger partial charge in [-0.2, -0.15) is 0 Å². The third-order valence-corrected chi connectivity index (χ3v) is 2.74. The molecule has 4 nitrogen and oxygen atoms in total. The summed E-state index contributed by atoms with van der Waals surface area (Å²) in [5.74, 6) is 0.259. The first-order valence-corrected chi connectivity index (χ1v) is 6.36. The molecule has 0 atom stereocenters. The number of aromatic nitrogens is 1. The number of urea groups is 1. The molecule has 104 valence electrons. The van der Waals surface area contributed by atoms with Crippen LogP contribution < -0.4 is 10.6 Å². The maximum atomic E-state index is 12.7. The van der Waals surface area contributed by atoms with Gasteiger partial charge >= 0.3 is 6.03 Å². The standard InChI is InChI=1S/C15H16FN3O/c1-11-3-2-4-14(18-11)19-15(20)17-10-9-12-5-7-13(16)8-6-12/h2-8H,9-10H2,1H3,(H2,17,18,19,20). The van der Waals surface area contributed by atoms with Gasteiger partial charge < -0.3 is 5.32 Å². The summed E-state index contributed by atoms with van der Waals surface area (Å²) in [7, 11) is 0. The SMILES string of the molecule is Cc1cccc(NC(=O)NCCc2ccc(F)cc2)n1. The average Bonchev–Trinajstić information content (AvgIpc) is 2.41. The number of nitrogens with one attached hydrogen (secondary N) is 2. The molecule has 0 aliphatic heterocycles. The molecule has 0 aliphatic rings. The summed E-state index contributed by atoms with van der Waals surface area (Å²) < 4.78 is 12.7. The second kappa shape index (κ2) is 6.65. The van der Waals surface area contributed by atoms with Gasteiger partial charge in [-0.05, 0) is 43.2 Å². The van der Waals surface area contributed by atoms with E-state index in [1.807, 2.05) is 19.1 Å². The summed E-state index contributed by atoms with van der Waals surface area (Å²) in [5, 5.41) is 5.39. The number of amides is 2. The number of halogens is 1. The molecule has 0 spiro atoms. The number of carbonyl (C=O) groups excluding carboxylic acids is 1. The summed E-state index contributed by atoms with van der Waals surface area (Å²) >= 11 is 0. The third-order valence-electron chi connectivity index (χ3n) is 2.74. The van der Waals surface area contributed by atoms with Crippen LogP contribution in [0.15, 0.2) is 42.5 Å². The Kier molecular flexibility index (Phi) is 4.65. The van der Waals surface area contributed by atoms with Gasteiger partial charge in [-0.3, -0.25) is 5.32 Å². The van der Waals surface area contributed by atoms with E-state index in [-0.39, 0.29) is 11.8 Å². The molecule has 5 heteroatoms. The first-order valence-electron chi connectivity index (χ1n) is 6.36. The van der Waals surface area contributed by atoms with Crippen LogP contribution in [0.2, 0.25) is 0 Å². The van der Waals surface area contributed by atoms with E-state index >= 15 is 0 Å². The lowest BCUT2D eigenvalue weighted by molar-refractivity contribution is 0.252. The number of hydrogen-bond acceptors (Lipinski definition) is 2. The van der Waals surface area contributed by atoms with Crippen LogP contribution in [0.25, 0.3) is 0 Å². The molecule has 0 bridgehead atoms. The van der Waals surface area contributed by atoms with Crippen molar-refractivity contribution < 1.29 is 9.18 Å². The monoisotopic (exact) mass is 273 g/mol. The van der Waals surface area contributed by atoms with Crippen LogP contribution in [0, 0.1) is 12.7 Å². The zero-order chi connectivity index (χ0) is 14.4. The summed E-state index contributed by atoms with van der Waals surface area (Å²) in [4.78, 5) is 15.8. The molecule has 0 unspecified atom stereocenters. The van der Waals surface area contributed by atoms with Gasteiger partial charge in [0.15, 0.2) is 0 Å². The number of rotatable bonds is 4. The number of hydrogen-bond donors (Lipinski definition) is 2. The molecule has 0 radical (unpaired) electrons. The number of pyridine rings is 1. The van der Waals surface area contributed by atoms with Crippen molar-refractivity contribution in [3.05, 3.63) is 59.5 Å². The van der Waals surface area contributed by atoms with E-state index in [0.717, 1.165) is 11.3 Å². The molecule has 2 amide bonds. The van der Waals surface area contributed by atoms with E-state index in [0.29, 0.717) is 18.8 Å². The van der Waals surface area contributed by atoms with Crippen molar-refractivity contribution in [1.29, 1.82) is 0 Å². The summed E-state index contributed by atoms with van der Waals surface area (Å²) in [5.41, 5.74) is 1.81. The van der Waals surface area contributed by atoms with Crippen molar-refractivity contribution in [2.75, 3.05) is 11.9 Å². The Morgan fingerprint density at radius 1 is 1.20 bits per heavy atom. The molecule has 0 saturated heterocycles. The molecule has 0 aliphatic carbocycles. The fraction of sp³-hybridized carbons (Fsp3) is 0.200. The van der Waals surface area contributed by atoms with Gasteiger partial charge in [0, 0.05) is 12.2 Å². The first kappa shape index (κ1) is 14.0. The van der Waals surface area contributed by atoms with Gasteiger partial charge in [-0.15, -0.1) is 0 Å². The van der Waals surface area contributed by atoms with E-state index in [1.54, 1.807) is 18.2 Å². The Labute approximate surface area is 117 Å². The maximum Gasteiger partial charge on any atom is 0.320 e. The van der Waals surface area contributed by atoms with Crippen LogP contribution in [0.4, 0.5) is 15.0 Å². The second-order valence-corrected chi connectivity index (χ2v) is 4.42. The Hall–Kier alpha value is -2.43. The van der Waals surface area contributed by atoms with E-state index < -0.39 is 0 Å². The average molecular weight is 273 g/mol. The van der Waals surface area contributed by atoms with E-state index in [2.05, 4.69) is 15.6 Å². The van der Waals surface area contributed by atoms with Crippen LogP contribution in [-0.4, -0.2) is 17.6 Å². The third kappa shape index (κ3) is 4.35. The number of carbonyl (C=O) groups is 1. The Bertz CT molecular complexity index is 584. The van der Waals surface area contributed by atoms with E-state index in [4.69, 9.17) is 0 Å². The number of benzene rings is 1. The Morgan fingerprint density at radius 3 is 2.65 bits per heavy atom. The van der Waals surface area contributed by atoms with Crippen molar-refractivity contribution in [2.45, 2.75) is 13.3 Å². The zero-order valence-electron chi connectivity index (χ0n) is 11.2. The predicted molar refractivity (Wildman–Crippen MR) is 76.1 cm³/mol. The maximum absolute atomic E-state index is 12.7. The summed E-state index contributed by atoms with van der Waals surface area (Å²) in [6.45, 7) is 2.33.